The molecular weight excluding hydrogens is 186 g/mol. The van der Waals surface area contributed by atoms with Crippen molar-refractivity contribution in [2.45, 2.75) is 69.9 Å². The molecule has 88 valence electrons. The number of aliphatic hydroxyl groups excluding tert-OH is 1. The Kier molecular flexibility index (Phi) is 4.45. The normalized spacial score (nSPS) is 27.0. The fourth-order valence-corrected chi connectivity index (χ4v) is 3.10. The Labute approximate surface area is 93.5 Å². The van der Waals surface area contributed by atoms with E-state index in [9.17, 15) is 5.11 Å². The third kappa shape index (κ3) is 3.46. The summed E-state index contributed by atoms with van der Waals surface area (Å²) in [5.41, 5.74) is 0. The van der Waals surface area contributed by atoms with Gasteiger partial charge in [-0.15, -0.1) is 0 Å². The number of hydrogen-bond acceptors (Lipinski definition) is 2. The minimum atomic E-state index is -0.0885. The van der Waals surface area contributed by atoms with E-state index in [1.165, 1.54) is 57.8 Å². The first-order valence-electron chi connectivity index (χ1n) is 6.78. The minimum absolute atomic E-state index is 0.0885. The monoisotopic (exact) mass is 211 g/mol. The summed E-state index contributed by atoms with van der Waals surface area (Å²) in [6.45, 7) is 0.829. The van der Waals surface area contributed by atoms with E-state index in [2.05, 4.69) is 5.32 Å². The van der Waals surface area contributed by atoms with Crippen molar-refractivity contribution >= 4 is 0 Å². The molecule has 0 aromatic rings. The van der Waals surface area contributed by atoms with Crippen LogP contribution in [0.5, 0.6) is 0 Å². The standard InChI is InChI=1S/C13H25NO/c15-13(11-6-4-5-7-11)10-14-12-8-2-1-3-9-12/h11-15H,1-10H2. The van der Waals surface area contributed by atoms with Gasteiger partial charge in [0.05, 0.1) is 6.10 Å². The Hall–Kier alpha value is -0.0800. The van der Waals surface area contributed by atoms with Crippen molar-refractivity contribution in [1.82, 2.24) is 5.32 Å². The molecule has 15 heavy (non-hydrogen) atoms. The maximum atomic E-state index is 10.0. The Balaban J connectivity index is 1.63. The van der Waals surface area contributed by atoms with Crippen molar-refractivity contribution in [2.75, 3.05) is 6.54 Å². The molecule has 2 rings (SSSR count). The average molecular weight is 211 g/mol. The molecule has 0 spiro atoms. The van der Waals surface area contributed by atoms with E-state index in [4.69, 9.17) is 0 Å². The Morgan fingerprint density at radius 1 is 0.933 bits per heavy atom. The van der Waals surface area contributed by atoms with Crippen molar-refractivity contribution in [3.8, 4) is 0 Å². The summed E-state index contributed by atoms with van der Waals surface area (Å²) in [6.07, 6.45) is 11.8. The van der Waals surface area contributed by atoms with E-state index in [-0.39, 0.29) is 6.10 Å². The zero-order valence-electron chi connectivity index (χ0n) is 9.75. The quantitative estimate of drug-likeness (QED) is 0.748. The molecular formula is C13H25NO. The minimum Gasteiger partial charge on any atom is -0.392 e. The lowest BCUT2D eigenvalue weighted by molar-refractivity contribution is 0.104. The largest absolute Gasteiger partial charge is 0.392 e. The van der Waals surface area contributed by atoms with Gasteiger partial charge in [0.15, 0.2) is 0 Å². The topological polar surface area (TPSA) is 32.3 Å². The molecule has 0 aromatic heterocycles. The van der Waals surface area contributed by atoms with Gasteiger partial charge in [-0.25, -0.2) is 0 Å². The van der Waals surface area contributed by atoms with Crippen molar-refractivity contribution < 1.29 is 5.11 Å². The highest BCUT2D eigenvalue weighted by molar-refractivity contribution is 4.79. The molecule has 2 fully saturated rings. The summed E-state index contributed by atoms with van der Waals surface area (Å²) in [7, 11) is 0. The van der Waals surface area contributed by atoms with E-state index >= 15 is 0 Å². The van der Waals surface area contributed by atoms with Crippen LogP contribution >= 0.6 is 0 Å². The average Bonchev–Trinajstić information content (AvgIpc) is 2.81. The van der Waals surface area contributed by atoms with Gasteiger partial charge in [-0.05, 0) is 31.6 Å². The third-order valence-corrected chi connectivity index (χ3v) is 4.16. The fourth-order valence-electron chi connectivity index (χ4n) is 3.10. The lowest BCUT2D eigenvalue weighted by atomic mass is 9.94. The highest BCUT2D eigenvalue weighted by Gasteiger charge is 2.23. The summed E-state index contributed by atoms with van der Waals surface area (Å²) >= 11 is 0. The summed E-state index contributed by atoms with van der Waals surface area (Å²) in [4.78, 5) is 0. The van der Waals surface area contributed by atoms with Crippen LogP contribution in [0.1, 0.15) is 57.8 Å². The van der Waals surface area contributed by atoms with E-state index in [0.717, 1.165) is 6.54 Å². The van der Waals surface area contributed by atoms with Gasteiger partial charge in [-0.1, -0.05) is 32.1 Å². The van der Waals surface area contributed by atoms with Crippen LogP contribution in [-0.2, 0) is 0 Å². The Morgan fingerprint density at radius 2 is 1.53 bits per heavy atom. The molecule has 2 heteroatoms. The smallest absolute Gasteiger partial charge is 0.0692 e. The van der Waals surface area contributed by atoms with Gasteiger partial charge in [0.25, 0.3) is 0 Å². The van der Waals surface area contributed by atoms with Crippen LogP contribution in [0.4, 0.5) is 0 Å². The van der Waals surface area contributed by atoms with Crippen LogP contribution in [0.25, 0.3) is 0 Å². The predicted molar refractivity (Wildman–Crippen MR) is 62.8 cm³/mol. The lowest BCUT2D eigenvalue weighted by Gasteiger charge is -2.26. The highest BCUT2D eigenvalue weighted by atomic mass is 16.3. The first-order valence-corrected chi connectivity index (χ1v) is 6.78. The second-order valence-electron chi connectivity index (χ2n) is 5.36. The van der Waals surface area contributed by atoms with Gasteiger partial charge < -0.3 is 10.4 Å². The third-order valence-electron chi connectivity index (χ3n) is 4.16. The summed E-state index contributed by atoms with van der Waals surface area (Å²) < 4.78 is 0. The first kappa shape index (κ1) is 11.4. The second kappa shape index (κ2) is 5.86. The zero-order chi connectivity index (χ0) is 10.5. The molecule has 2 nitrogen and oxygen atoms in total. The van der Waals surface area contributed by atoms with Gasteiger partial charge in [0, 0.05) is 12.6 Å². The van der Waals surface area contributed by atoms with Crippen LogP contribution in [0.2, 0.25) is 0 Å². The maximum Gasteiger partial charge on any atom is 0.0692 e. The van der Waals surface area contributed by atoms with Gasteiger partial charge in [-0.2, -0.15) is 0 Å². The van der Waals surface area contributed by atoms with E-state index in [0.29, 0.717) is 12.0 Å². The van der Waals surface area contributed by atoms with Crippen LogP contribution in [-0.4, -0.2) is 23.8 Å². The van der Waals surface area contributed by atoms with E-state index in [1.807, 2.05) is 0 Å². The molecule has 0 radical (unpaired) electrons. The van der Waals surface area contributed by atoms with Gasteiger partial charge in [-0.3, -0.25) is 0 Å². The Bertz CT molecular complexity index is 171. The molecule has 2 N–H and O–H groups in total. The Morgan fingerprint density at radius 3 is 2.20 bits per heavy atom. The number of nitrogens with one attached hydrogen (secondary N) is 1. The summed E-state index contributed by atoms with van der Waals surface area (Å²) in [5, 5.41) is 13.6. The van der Waals surface area contributed by atoms with Crippen molar-refractivity contribution in [2.24, 2.45) is 5.92 Å². The molecule has 1 atom stereocenters. The molecule has 2 saturated carbocycles. The molecule has 0 saturated heterocycles. The number of aliphatic hydroxyl groups is 1. The van der Waals surface area contributed by atoms with Gasteiger partial charge >= 0.3 is 0 Å². The fraction of sp³-hybridized carbons (Fsp3) is 1.00. The van der Waals surface area contributed by atoms with Gasteiger partial charge in [0.1, 0.15) is 0 Å². The van der Waals surface area contributed by atoms with Crippen LogP contribution in [0.3, 0.4) is 0 Å². The summed E-state index contributed by atoms with van der Waals surface area (Å²) in [5.74, 6) is 0.584. The molecule has 0 bridgehead atoms. The van der Waals surface area contributed by atoms with Gasteiger partial charge in [0.2, 0.25) is 0 Å². The van der Waals surface area contributed by atoms with Crippen LogP contribution < -0.4 is 5.32 Å². The van der Waals surface area contributed by atoms with Crippen LogP contribution in [0, 0.1) is 5.92 Å². The maximum absolute atomic E-state index is 10.0. The van der Waals surface area contributed by atoms with Crippen LogP contribution in [0.15, 0.2) is 0 Å². The highest BCUT2D eigenvalue weighted by Crippen LogP contribution is 2.27. The van der Waals surface area contributed by atoms with E-state index < -0.39 is 0 Å². The molecule has 2 aliphatic rings. The molecule has 0 heterocycles. The van der Waals surface area contributed by atoms with Crippen molar-refractivity contribution in [3.63, 3.8) is 0 Å². The molecule has 0 aliphatic heterocycles. The zero-order valence-corrected chi connectivity index (χ0v) is 9.75. The molecule has 1 unspecified atom stereocenters. The molecule has 0 aromatic carbocycles. The molecule has 0 amide bonds. The number of hydrogen-bond donors (Lipinski definition) is 2. The second-order valence-corrected chi connectivity index (χ2v) is 5.36. The SMILES string of the molecule is OC(CNC1CCCCC1)C1CCCC1. The summed E-state index contributed by atoms with van der Waals surface area (Å²) in [6, 6.07) is 0.690. The predicted octanol–water partition coefficient (Wildman–Crippen LogP) is 2.46. The van der Waals surface area contributed by atoms with Crippen molar-refractivity contribution in [3.05, 3.63) is 0 Å². The van der Waals surface area contributed by atoms with E-state index in [1.54, 1.807) is 0 Å². The lowest BCUT2D eigenvalue weighted by Crippen LogP contribution is -2.39. The first-order chi connectivity index (χ1) is 7.36. The number of rotatable bonds is 4. The van der Waals surface area contributed by atoms with Crippen molar-refractivity contribution in [1.29, 1.82) is 0 Å². The molecule has 2 aliphatic carbocycles.